The Hall–Kier alpha value is -2.20. The van der Waals surface area contributed by atoms with Gasteiger partial charge in [0, 0.05) is 68.3 Å². The molecule has 2 aromatic rings. The van der Waals surface area contributed by atoms with Crippen LogP contribution in [-0.2, 0) is 14.2 Å². The zero-order valence-corrected chi connectivity index (χ0v) is 30.5. The first-order valence-corrected chi connectivity index (χ1v) is 20.3. The van der Waals surface area contributed by atoms with Crippen LogP contribution in [-0.4, -0.2) is 111 Å². The number of epoxide rings is 1. The molecule has 5 saturated heterocycles. The Morgan fingerprint density at radius 3 is 1.62 bits per heavy atom. The van der Waals surface area contributed by atoms with Gasteiger partial charge in [0.15, 0.2) is 0 Å². The van der Waals surface area contributed by atoms with Gasteiger partial charge in [0.2, 0.25) is 0 Å². The molecule has 9 rings (SSSR count). The molecule has 5 heterocycles. The number of piperazine rings is 2. The second kappa shape index (κ2) is 21.0. The smallest absolute Gasteiger partial charge is 0.104 e. The number of hydrogen-bond acceptors (Lipinski definition) is 8. The minimum absolute atomic E-state index is 0. The zero-order valence-electron chi connectivity index (χ0n) is 30.5. The van der Waals surface area contributed by atoms with Crippen molar-refractivity contribution in [1.82, 2.24) is 10.2 Å². The molecule has 5 aliphatic heterocycles. The normalized spacial score (nSPS) is 29.1. The van der Waals surface area contributed by atoms with Crippen LogP contribution >= 0.6 is 0 Å². The number of para-hydroxylation sites is 2. The summed E-state index contributed by atoms with van der Waals surface area (Å²) in [5.74, 6) is 0. The van der Waals surface area contributed by atoms with Gasteiger partial charge in [-0.1, -0.05) is 89.8 Å². The number of nitrogens with one attached hydrogen (secondary N) is 1. The molecule has 0 spiro atoms. The van der Waals surface area contributed by atoms with Crippen LogP contribution in [0, 0.1) is 0 Å². The third-order valence-corrected chi connectivity index (χ3v) is 12.1. The fraction of sp³-hybridized carbons (Fsp3) is 0.727. The topological polar surface area (TPSA) is 73.0 Å². The summed E-state index contributed by atoms with van der Waals surface area (Å²) in [5, 5.41) is 14.1. The number of anilines is 2. The Morgan fingerprint density at radius 1 is 0.635 bits per heavy atom. The summed E-state index contributed by atoms with van der Waals surface area (Å²) in [7, 11) is 0. The summed E-state index contributed by atoms with van der Waals surface area (Å²) < 4.78 is 16.7. The van der Waals surface area contributed by atoms with E-state index >= 15 is 0 Å². The van der Waals surface area contributed by atoms with E-state index in [0.717, 1.165) is 44.9 Å². The van der Waals surface area contributed by atoms with Gasteiger partial charge < -0.3 is 34.4 Å². The van der Waals surface area contributed by atoms with Gasteiger partial charge in [0.1, 0.15) is 6.10 Å². The second-order valence-corrected chi connectivity index (χ2v) is 16.0. The molecule has 2 aromatic carbocycles. The molecule has 2 saturated carbocycles. The molecule has 8 heteroatoms. The van der Waals surface area contributed by atoms with E-state index in [4.69, 9.17) is 14.2 Å². The van der Waals surface area contributed by atoms with E-state index in [9.17, 15) is 5.11 Å². The second-order valence-electron chi connectivity index (χ2n) is 16.0. The quantitative estimate of drug-likeness (QED) is 0.242. The molecule has 0 amide bonds. The number of ether oxygens (including phenoxy) is 3. The van der Waals surface area contributed by atoms with Crippen molar-refractivity contribution in [3.05, 3.63) is 60.7 Å². The third kappa shape index (κ3) is 12.2. The van der Waals surface area contributed by atoms with Gasteiger partial charge in [-0.3, -0.25) is 4.90 Å². The Bertz CT molecular complexity index is 1210. The number of aliphatic hydroxyl groups is 1. The highest BCUT2D eigenvalue weighted by molar-refractivity contribution is 5.48. The van der Waals surface area contributed by atoms with Gasteiger partial charge in [0.25, 0.3) is 0 Å². The summed E-state index contributed by atoms with van der Waals surface area (Å²) in [6, 6.07) is 24.1. The van der Waals surface area contributed by atoms with Crippen LogP contribution < -0.4 is 15.1 Å². The predicted molar refractivity (Wildman–Crippen MR) is 216 cm³/mol. The molecule has 7 fully saturated rings. The van der Waals surface area contributed by atoms with Crippen LogP contribution in [0.4, 0.5) is 11.4 Å². The SMILES string of the molecule is C.C.C1CCC(OC[C@H]2CO2)CC1.O[C@@H](COC1CCCCC1)CN1C2CCC1CN(c1ccccc1)C2.c1ccc(N2CC3CCC(C2)N3)cc1. The molecule has 52 heavy (non-hydrogen) atoms. The maximum atomic E-state index is 10.5. The standard InChI is InChI=1S/C21H32N2O2.C12H16N2.C9H16O2.2CH4/c24-20(16-25-21-9-5-2-6-10-21)15-23-18-11-12-19(23)14-22(13-18)17-7-3-1-4-8-17;1-2-4-12(5-3-1)14-8-10-6-7-11(9-14)13-10;1-2-4-8(5-3-1)10-6-9-7-11-9;;/h1,3-4,7-8,18-21,24H,2,5-6,9-16H2;1-5,10-11,13H,6-9H2;8-9H,1-7H2;2*1H4/t18?,19?,20-;;9-;;/m1.0../s1. The maximum absolute atomic E-state index is 10.5. The Labute approximate surface area is 316 Å². The van der Waals surface area contributed by atoms with Gasteiger partial charge in [-0.2, -0.15) is 0 Å². The zero-order chi connectivity index (χ0) is 34.0. The summed E-state index contributed by atoms with van der Waals surface area (Å²) >= 11 is 0. The monoisotopic (exact) mass is 721 g/mol. The van der Waals surface area contributed by atoms with Gasteiger partial charge in [-0.15, -0.1) is 0 Å². The minimum atomic E-state index is -0.353. The Balaban J connectivity index is 0.000000163. The van der Waals surface area contributed by atoms with E-state index in [1.807, 2.05) is 0 Å². The number of benzene rings is 2. The lowest BCUT2D eigenvalue weighted by Crippen LogP contribution is -2.56. The Morgan fingerprint density at radius 2 is 1.12 bits per heavy atom. The van der Waals surface area contributed by atoms with Crippen LogP contribution in [0.1, 0.15) is 105 Å². The average Bonchev–Trinajstić information content (AvgIpc) is 3.92. The number of aliphatic hydroxyl groups excluding tert-OH is 1. The van der Waals surface area contributed by atoms with E-state index in [-0.39, 0.29) is 21.0 Å². The van der Waals surface area contributed by atoms with Crippen molar-refractivity contribution < 1.29 is 19.3 Å². The highest BCUT2D eigenvalue weighted by atomic mass is 16.6. The maximum Gasteiger partial charge on any atom is 0.104 e. The lowest BCUT2D eigenvalue weighted by molar-refractivity contribution is -0.0389. The van der Waals surface area contributed by atoms with Crippen molar-refractivity contribution in [3.8, 4) is 0 Å². The van der Waals surface area contributed by atoms with Gasteiger partial charge in [-0.05, 0) is 75.6 Å². The first-order valence-electron chi connectivity index (χ1n) is 20.3. The first-order chi connectivity index (χ1) is 24.7. The van der Waals surface area contributed by atoms with Crippen molar-refractivity contribution in [2.24, 2.45) is 0 Å². The summed E-state index contributed by atoms with van der Waals surface area (Å²) in [6.07, 6.45) is 19.2. The molecule has 0 aromatic heterocycles. The van der Waals surface area contributed by atoms with Crippen LogP contribution in [0.15, 0.2) is 60.7 Å². The molecule has 2 N–H and O–H groups in total. The van der Waals surface area contributed by atoms with Crippen LogP contribution in [0.2, 0.25) is 0 Å². The summed E-state index contributed by atoms with van der Waals surface area (Å²) in [4.78, 5) is 7.58. The molecule has 4 unspecified atom stereocenters. The van der Waals surface area contributed by atoms with Crippen molar-refractivity contribution in [3.63, 3.8) is 0 Å². The van der Waals surface area contributed by atoms with Crippen LogP contribution in [0.5, 0.6) is 0 Å². The highest BCUT2D eigenvalue weighted by Gasteiger charge is 2.40. The van der Waals surface area contributed by atoms with E-state index in [0.29, 0.717) is 37.0 Å². The molecule has 0 radical (unpaired) electrons. The molecular weight excluding hydrogens is 649 g/mol. The lowest BCUT2D eigenvalue weighted by atomic mass is 9.98. The van der Waals surface area contributed by atoms with Crippen LogP contribution in [0.3, 0.4) is 0 Å². The molecule has 4 bridgehead atoms. The average molecular weight is 721 g/mol. The molecule has 6 atom stereocenters. The van der Waals surface area contributed by atoms with Gasteiger partial charge in [-0.25, -0.2) is 0 Å². The predicted octanol–water partition coefficient (Wildman–Crippen LogP) is 7.68. The van der Waals surface area contributed by atoms with Gasteiger partial charge in [0.05, 0.1) is 38.1 Å². The van der Waals surface area contributed by atoms with Crippen molar-refractivity contribution in [2.75, 3.05) is 62.3 Å². The Kier molecular flexibility index (Phi) is 16.6. The molecular formula is C44H72N4O4. The lowest BCUT2D eigenvalue weighted by Gasteiger charge is -2.43. The fourth-order valence-electron chi connectivity index (χ4n) is 9.20. The summed E-state index contributed by atoms with van der Waals surface area (Å²) in [5.41, 5.74) is 2.71. The van der Waals surface area contributed by atoms with E-state index in [1.54, 1.807) is 0 Å². The van der Waals surface area contributed by atoms with E-state index in [1.165, 1.54) is 114 Å². The number of nitrogens with zero attached hydrogens (tertiary/aromatic N) is 3. The number of rotatable bonds is 10. The third-order valence-electron chi connectivity index (χ3n) is 12.1. The summed E-state index contributed by atoms with van der Waals surface area (Å²) in [6.45, 7) is 7.56. The number of hydrogen-bond donors (Lipinski definition) is 2. The fourth-order valence-corrected chi connectivity index (χ4v) is 9.20. The number of fused-ring (bicyclic) bond motifs is 4. The first kappa shape index (κ1) is 41.0. The highest BCUT2D eigenvalue weighted by Crippen LogP contribution is 2.33. The minimum Gasteiger partial charge on any atom is -0.389 e. The van der Waals surface area contributed by atoms with Crippen LogP contribution in [0.25, 0.3) is 0 Å². The molecule has 7 aliphatic rings. The van der Waals surface area contributed by atoms with Crippen molar-refractivity contribution in [1.29, 1.82) is 0 Å². The van der Waals surface area contributed by atoms with Gasteiger partial charge >= 0.3 is 0 Å². The van der Waals surface area contributed by atoms with Crippen molar-refractivity contribution >= 4 is 11.4 Å². The van der Waals surface area contributed by atoms with Crippen molar-refractivity contribution in [2.45, 2.75) is 153 Å². The van der Waals surface area contributed by atoms with E-state index < -0.39 is 0 Å². The largest absolute Gasteiger partial charge is 0.389 e. The molecule has 292 valence electrons. The molecule has 8 nitrogen and oxygen atoms in total. The molecule has 2 aliphatic carbocycles. The van der Waals surface area contributed by atoms with E-state index in [2.05, 4.69) is 80.7 Å².